The van der Waals surface area contributed by atoms with Crippen molar-refractivity contribution in [3.05, 3.63) is 107 Å². The maximum absolute atomic E-state index is 15.7. The molecule has 1 aliphatic rings. The first kappa shape index (κ1) is 33.3. The van der Waals surface area contributed by atoms with E-state index >= 15 is 4.39 Å². The first-order valence-corrected chi connectivity index (χ1v) is 16.0. The Morgan fingerprint density at radius 3 is 2.50 bits per heavy atom. The van der Waals surface area contributed by atoms with Gasteiger partial charge in [0, 0.05) is 29.9 Å². The number of hydrogen-bond donors (Lipinski definition) is 1. The van der Waals surface area contributed by atoms with Crippen molar-refractivity contribution in [3.8, 4) is 11.5 Å². The van der Waals surface area contributed by atoms with Gasteiger partial charge in [0.25, 0.3) is 10.0 Å². The third-order valence-electron chi connectivity index (χ3n) is 7.78. The number of sulfonamides is 1. The Morgan fingerprint density at radius 2 is 1.85 bits per heavy atom. The average molecular weight is 678 g/mol. The van der Waals surface area contributed by atoms with Gasteiger partial charge in [-0.05, 0) is 67.5 Å². The molecule has 3 aromatic carbocycles. The minimum Gasteiger partial charge on any atom is -0.497 e. The summed E-state index contributed by atoms with van der Waals surface area (Å²) in [5.74, 6) is -0.287. The molecule has 5 rings (SSSR count). The van der Waals surface area contributed by atoms with Crippen LogP contribution in [0.5, 0.6) is 11.5 Å². The van der Waals surface area contributed by atoms with Crippen LogP contribution >= 0.6 is 11.6 Å². The number of nitrogens with zero attached hydrogens (tertiary/aromatic N) is 3. The highest BCUT2D eigenvalue weighted by atomic mass is 35.5. The van der Waals surface area contributed by atoms with Crippen molar-refractivity contribution in [1.29, 1.82) is 0 Å². The van der Waals surface area contributed by atoms with Gasteiger partial charge in [0.05, 0.1) is 37.0 Å². The van der Waals surface area contributed by atoms with E-state index in [0.717, 1.165) is 22.5 Å². The van der Waals surface area contributed by atoms with Gasteiger partial charge in [-0.15, -0.1) is 0 Å². The molecule has 8 nitrogen and oxygen atoms in total. The second-order valence-corrected chi connectivity index (χ2v) is 12.9. The predicted molar refractivity (Wildman–Crippen MR) is 166 cm³/mol. The Kier molecular flexibility index (Phi) is 9.92. The summed E-state index contributed by atoms with van der Waals surface area (Å²) in [6.45, 7) is -0.256. The second-order valence-electron chi connectivity index (χ2n) is 10.6. The van der Waals surface area contributed by atoms with Gasteiger partial charge in [0.2, 0.25) is 0 Å². The zero-order valence-corrected chi connectivity index (χ0v) is 26.3. The smallest absolute Gasteiger partial charge is 0.416 e. The third kappa shape index (κ3) is 7.31. The first-order valence-electron chi connectivity index (χ1n) is 14.2. The summed E-state index contributed by atoms with van der Waals surface area (Å²) in [6, 6.07) is 13.4. The topological polar surface area (TPSA) is 93.7 Å². The van der Waals surface area contributed by atoms with Gasteiger partial charge in [0.1, 0.15) is 34.4 Å². The maximum Gasteiger partial charge on any atom is 0.416 e. The average Bonchev–Trinajstić information content (AvgIpc) is 3.05. The zero-order valence-electron chi connectivity index (χ0n) is 24.8. The molecule has 0 amide bonds. The molecular weight excluding hydrogens is 648 g/mol. The number of methoxy groups -OCH3 is 2. The van der Waals surface area contributed by atoms with Crippen LogP contribution in [0.1, 0.15) is 41.9 Å². The molecule has 0 aliphatic heterocycles. The normalized spacial score (nSPS) is 16.9. The molecule has 46 heavy (non-hydrogen) atoms. The molecule has 1 heterocycles. The molecule has 0 spiro atoms. The number of nitrogens with one attached hydrogen (secondary N) is 1. The van der Waals surface area contributed by atoms with E-state index in [0.29, 0.717) is 41.9 Å². The van der Waals surface area contributed by atoms with Crippen LogP contribution in [0.2, 0.25) is 5.02 Å². The summed E-state index contributed by atoms with van der Waals surface area (Å²) in [5, 5.41) is 3.11. The number of halogens is 5. The molecule has 1 aliphatic carbocycles. The first-order chi connectivity index (χ1) is 21.9. The van der Waals surface area contributed by atoms with Crippen molar-refractivity contribution >= 4 is 33.1 Å². The van der Waals surface area contributed by atoms with E-state index in [1.165, 1.54) is 44.9 Å². The largest absolute Gasteiger partial charge is 0.497 e. The fourth-order valence-electron chi connectivity index (χ4n) is 5.36. The highest BCUT2D eigenvalue weighted by molar-refractivity contribution is 7.92. The summed E-state index contributed by atoms with van der Waals surface area (Å²) in [4.78, 5) is 7.28. The molecule has 1 fully saturated rings. The van der Waals surface area contributed by atoms with E-state index in [9.17, 15) is 21.6 Å². The minimum absolute atomic E-state index is 0.00211. The van der Waals surface area contributed by atoms with E-state index in [1.54, 1.807) is 24.3 Å². The van der Waals surface area contributed by atoms with Crippen LogP contribution in [0.25, 0.3) is 0 Å². The number of anilines is 2. The lowest BCUT2D eigenvalue weighted by Crippen LogP contribution is -2.32. The van der Waals surface area contributed by atoms with Crippen LogP contribution in [0, 0.1) is 12.2 Å². The summed E-state index contributed by atoms with van der Waals surface area (Å²) in [5.41, 5.74) is 0.557. The number of hydrogen-bond acceptors (Lipinski definition) is 7. The SMILES string of the molecule is COc1ccc(CN(c2ccncn2)S(=O)(=O)c2cc(Cl)c(N[C@H]3[CH]C[C@H](c4cccc(C(F)(F)F)c4)CC3)cc2F)c(OC)c1. The summed E-state index contributed by atoms with van der Waals surface area (Å²) >= 11 is 6.51. The predicted octanol–water partition coefficient (Wildman–Crippen LogP) is 7.65. The van der Waals surface area contributed by atoms with E-state index < -0.39 is 32.5 Å². The number of benzene rings is 3. The molecule has 4 aromatic rings. The third-order valence-corrected chi connectivity index (χ3v) is 9.85. The summed E-state index contributed by atoms with van der Waals surface area (Å²) < 4.78 is 94.8. The van der Waals surface area contributed by atoms with Crippen molar-refractivity contribution in [2.24, 2.45) is 0 Å². The molecular formula is C32H30ClF4N4O4S. The van der Waals surface area contributed by atoms with Gasteiger partial charge in [-0.1, -0.05) is 29.8 Å². The molecule has 14 heteroatoms. The van der Waals surface area contributed by atoms with Crippen LogP contribution in [-0.2, 0) is 22.7 Å². The summed E-state index contributed by atoms with van der Waals surface area (Å²) in [7, 11) is -1.65. The van der Waals surface area contributed by atoms with Gasteiger partial charge >= 0.3 is 6.18 Å². The lowest BCUT2D eigenvalue weighted by atomic mass is 9.81. The Bertz CT molecular complexity index is 1790. The number of alkyl halides is 3. The summed E-state index contributed by atoms with van der Waals surface area (Å²) in [6.07, 6.45) is 1.66. The fourth-order valence-corrected chi connectivity index (χ4v) is 7.12. The maximum atomic E-state index is 15.7. The Balaban J connectivity index is 1.36. The van der Waals surface area contributed by atoms with Crippen LogP contribution in [0.15, 0.2) is 78.1 Å². The van der Waals surface area contributed by atoms with Gasteiger partial charge in [-0.3, -0.25) is 0 Å². The van der Waals surface area contributed by atoms with Crippen LogP contribution in [0.3, 0.4) is 0 Å². The van der Waals surface area contributed by atoms with Gasteiger partial charge < -0.3 is 14.8 Å². The van der Waals surface area contributed by atoms with Crippen molar-refractivity contribution in [3.63, 3.8) is 0 Å². The number of ether oxygens (including phenoxy) is 2. The number of rotatable bonds is 10. The molecule has 2 atom stereocenters. The molecule has 1 radical (unpaired) electrons. The zero-order chi connectivity index (χ0) is 33.1. The molecule has 0 bridgehead atoms. The van der Waals surface area contributed by atoms with Crippen LogP contribution in [-0.4, -0.2) is 38.6 Å². The lowest BCUT2D eigenvalue weighted by molar-refractivity contribution is -0.137. The van der Waals surface area contributed by atoms with E-state index in [2.05, 4.69) is 15.3 Å². The highest BCUT2D eigenvalue weighted by Crippen LogP contribution is 2.39. The van der Waals surface area contributed by atoms with E-state index in [-0.39, 0.29) is 35.0 Å². The molecule has 1 aromatic heterocycles. The monoisotopic (exact) mass is 677 g/mol. The Labute approximate surface area is 269 Å². The van der Waals surface area contributed by atoms with Gasteiger partial charge in [0.15, 0.2) is 0 Å². The number of aromatic nitrogens is 2. The van der Waals surface area contributed by atoms with Crippen LogP contribution < -0.4 is 19.1 Å². The molecule has 0 saturated heterocycles. The van der Waals surface area contributed by atoms with Gasteiger partial charge in [-0.2, -0.15) is 13.2 Å². The van der Waals surface area contributed by atoms with Crippen molar-refractivity contribution in [1.82, 2.24) is 9.97 Å². The highest BCUT2D eigenvalue weighted by Gasteiger charge is 2.33. The molecule has 1 saturated carbocycles. The Morgan fingerprint density at radius 1 is 1.04 bits per heavy atom. The molecule has 1 N–H and O–H groups in total. The van der Waals surface area contributed by atoms with Gasteiger partial charge in [-0.25, -0.2) is 27.1 Å². The van der Waals surface area contributed by atoms with Crippen molar-refractivity contribution < 1.29 is 35.5 Å². The fraction of sp³-hybridized carbons (Fsp3) is 0.281. The quantitative estimate of drug-likeness (QED) is 0.172. The molecule has 243 valence electrons. The van der Waals surface area contributed by atoms with E-state index in [1.807, 2.05) is 6.42 Å². The lowest BCUT2D eigenvalue weighted by Gasteiger charge is -2.30. The standard InChI is InChI=1S/C32H30ClF4N4O4S/c1-44-25-11-8-22(29(15-25)45-2)18-41(31-12-13-38-19-39-31)46(42,43)30-16-26(33)28(17-27(30)34)40-24-9-6-20(7-10-24)21-4-3-5-23(14-21)32(35,36)37/h3-5,8-9,11-17,19-20,24,40H,6-7,10,18H2,1-2H3/t20-,24-/m0/s1. The van der Waals surface area contributed by atoms with Crippen LogP contribution in [0.4, 0.5) is 29.1 Å². The minimum atomic E-state index is -4.57. The second kappa shape index (κ2) is 13.7. The van der Waals surface area contributed by atoms with E-state index in [4.69, 9.17) is 21.1 Å². The van der Waals surface area contributed by atoms with Crippen molar-refractivity contribution in [2.45, 2.75) is 48.8 Å². The Hall–Kier alpha value is -4.10. The van der Waals surface area contributed by atoms with Crippen molar-refractivity contribution in [2.75, 3.05) is 23.8 Å². The molecule has 0 unspecified atom stereocenters.